The summed E-state index contributed by atoms with van der Waals surface area (Å²) in [5, 5.41) is 92.4. The number of hydrogen-bond acceptors (Lipinski definition) is 11. The van der Waals surface area contributed by atoms with Gasteiger partial charge in [-0.3, -0.25) is 9.59 Å². The molecule has 12 nitrogen and oxygen atoms in total. The first kappa shape index (κ1) is 22.8. The van der Waals surface area contributed by atoms with Crippen molar-refractivity contribution < 1.29 is 60.7 Å². The summed E-state index contributed by atoms with van der Waals surface area (Å²) in [6.07, 6.45) is -19.2. The lowest BCUT2D eigenvalue weighted by molar-refractivity contribution is -0.168. The molecule has 0 amide bonds. The highest BCUT2D eigenvalue weighted by molar-refractivity contribution is 5.88. The van der Waals surface area contributed by atoms with E-state index in [2.05, 4.69) is 0 Å². The summed E-state index contributed by atoms with van der Waals surface area (Å²) >= 11 is 0. The molecule has 8 atom stereocenters. The van der Waals surface area contributed by atoms with Crippen LogP contribution in [0.2, 0.25) is 0 Å². The third-order valence-electron chi connectivity index (χ3n) is 3.29. The van der Waals surface area contributed by atoms with Gasteiger partial charge in [-0.05, 0) is 0 Å². The van der Waals surface area contributed by atoms with E-state index in [0.29, 0.717) is 0 Å². The Morgan fingerprint density at radius 3 is 1.54 bits per heavy atom. The van der Waals surface area contributed by atoms with E-state index >= 15 is 0 Å². The molecule has 0 aromatic rings. The Hall–Kier alpha value is -1.22. The molecule has 0 aliphatic heterocycles. The maximum Gasteiger partial charge on any atom is 0.306 e. The highest BCUT2D eigenvalue weighted by Crippen LogP contribution is 2.13. The maximum absolute atomic E-state index is 11.7. The van der Waals surface area contributed by atoms with Crippen molar-refractivity contribution in [3.05, 3.63) is 0 Å². The van der Waals surface area contributed by atoms with E-state index in [4.69, 9.17) is 15.3 Å². The normalized spacial score (nSPS) is 21.9. The first-order valence-electron chi connectivity index (χ1n) is 6.76. The minimum absolute atomic E-state index is 1.00. The summed E-state index contributed by atoms with van der Waals surface area (Å²) in [6, 6.07) is 0. The van der Waals surface area contributed by atoms with Crippen LogP contribution >= 0.6 is 0 Å². The Kier molecular flexibility index (Phi) is 9.42. The van der Waals surface area contributed by atoms with Gasteiger partial charge in [-0.15, -0.1) is 0 Å². The van der Waals surface area contributed by atoms with Gasteiger partial charge in [-0.2, -0.15) is 0 Å². The number of carboxylic acid groups (broad SMARTS) is 1. The molecule has 142 valence electrons. The fraction of sp³-hybridized carbons (Fsp3) is 0.833. The average molecular weight is 358 g/mol. The van der Waals surface area contributed by atoms with Crippen LogP contribution in [-0.2, 0) is 9.59 Å². The monoisotopic (exact) mass is 358 g/mol. The van der Waals surface area contributed by atoms with Crippen LogP contribution in [0.1, 0.15) is 6.42 Å². The van der Waals surface area contributed by atoms with Gasteiger partial charge in [0.15, 0.2) is 5.78 Å². The van der Waals surface area contributed by atoms with Gasteiger partial charge in [-0.25, -0.2) is 0 Å². The molecule has 0 fully saturated rings. The minimum Gasteiger partial charge on any atom is -0.481 e. The Labute approximate surface area is 135 Å². The van der Waals surface area contributed by atoms with Gasteiger partial charge in [0.05, 0.1) is 19.1 Å². The lowest BCUT2D eigenvalue weighted by Gasteiger charge is -2.29. The lowest BCUT2D eigenvalue weighted by Crippen LogP contribution is -2.55. The summed E-state index contributed by atoms with van der Waals surface area (Å²) in [5.74, 6) is -3.22. The molecule has 0 aromatic heterocycles. The van der Waals surface area contributed by atoms with E-state index < -0.39 is 73.6 Å². The molecule has 10 N–H and O–H groups in total. The predicted octanol–water partition coefficient (Wildman–Crippen LogP) is -6.09. The van der Waals surface area contributed by atoms with E-state index in [1.54, 1.807) is 0 Å². The largest absolute Gasteiger partial charge is 0.481 e. The summed E-state index contributed by atoms with van der Waals surface area (Å²) in [6.45, 7) is -1.00. The molecule has 0 bridgehead atoms. The zero-order valence-electron chi connectivity index (χ0n) is 12.3. The standard InChI is InChI=1S/C12H22O12/c13-2-4(15)7(19)9(21)11(23)12(24)10(22)8(20)6(18)3(14)1-5(16)17/h3-4,6-9,11-15,18-21,23-24H,1-2H2,(H,16,17)/t3?,4-,6-,7+,8-,9+,11+,12+/m1/s1. The van der Waals surface area contributed by atoms with Gasteiger partial charge in [0, 0.05) is 0 Å². The maximum atomic E-state index is 11.7. The smallest absolute Gasteiger partial charge is 0.306 e. The van der Waals surface area contributed by atoms with Crippen LogP contribution in [0.5, 0.6) is 0 Å². The topological polar surface area (TPSA) is 236 Å². The van der Waals surface area contributed by atoms with Crippen LogP contribution in [0.3, 0.4) is 0 Å². The highest BCUT2D eigenvalue weighted by atomic mass is 16.4. The second-order valence-electron chi connectivity index (χ2n) is 5.17. The zero-order chi connectivity index (χ0) is 19.2. The predicted molar refractivity (Wildman–Crippen MR) is 72.4 cm³/mol. The van der Waals surface area contributed by atoms with Gasteiger partial charge in [0.1, 0.15) is 42.7 Å². The molecular formula is C12H22O12. The van der Waals surface area contributed by atoms with Gasteiger partial charge in [0.2, 0.25) is 0 Å². The molecule has 0 radical (unpaired) electrons. The van der Waals surface area contributed by atoms with Crippen molar-refractivity contribution in [3.63, 3.8) is 0 Å². The van der Waals surface area contributed by atoms with Crippen LogP contribution in [0.25, 0.3) is 0 Å². The van der Waals surface area contributed by atoms with Crippen molar-refractivity contribution in [1.82, 2.24) is 0 Å². The third kappa shape index (κ3) is 6.01. The number of hydrogen-bond donors (Lipinski definition) is 10. The van der Waals surface area contributed by atoms with Crippen LogP contribution < -0.4 is 0 Å². The van der Waals surface area contributed by atoms with E-state index in [1.165, 1.54) is 0 Å². The Bertz CT molecular complexity index is 415. The zero-order valence-corrected chi connectivity index (χ0v) is 12.3. The fourth-order valence-electron chi connectivity index (χ4n) is 1.75. The second kappa shape index (κ2) is 9.93. The lowest BCUT2D eigenvalue weighted by atomic mass is 9.92. The number of carbonyl (C=O) groups is 2. The second-order valence-corrected chi connectivity index (χ2v) is 5.17. The van der Waals surface area contributed by atoms with Gasteiger partial charge in [-0.1, -0.05) is 0 Å². The Balaban J connectivity index is 4.92. The van der Waals surface area contributed by atoms with Crippen molar-refractivity contribution in [1.29, 1.82) is 0 Å². The van der Waals surface area contributed by atoms with E-state index in [1.807, 2.05) is 0 Å². The Morgan fingerprint density at radius 2 is 1.12 bits per heavy atom. The summed E-state index contributed by atoms with van der Waals surface area (Å²) < 4.78 is 0. The van der Waals surface area contributed by atoms with Crippen molar-refractivity contribution in [2.45, 2.75) is 55.3 Å². The number of aliphatic carboxylic acids is 1. The van der Waals surface area contributed by atoms with E-state index in [0.717, 1.165) is 0 Å². The SMILES string of the molecule is O=C(O)CC(O)[C@@H](O)[C@@H](O)C(=O)[C@H](O)[C@@H](O)[C@@H](O)[C@@H](O)[C@H](O)CO. The fourth-order valence-corrected chi connectivity index (χ4v) is 1.75. The van der Waals surface area contributed by atoms with Crippen LogP contribution in [-0.4, -0.2) is 118 Å². The molecule has 24 heavy (non-hydrogen) atoms. The molecule has 0 rings (SSSR count). The third-order valence-corrected chi connectivity index (χ3v) is 3.29. The number of Topliss-reactive ketones (excluding diaryl/α,β-unsaturated/α-hetero) is 1. The van der Waals surface area contributed by atoms with Crippen LogP contribution in [0.4, 0.5) is 0 Å². The van der Waals surface area contributed by atoms with E-state index in [9.17, 15) is 45.3 Å². The average Bonchev–Trinajstić information content (AvgIpc) is 2.55. The van der Waals surface area contributed by atoms with Gasteiger partial charge in [0.25, 0.3) is 0 Å². The molecular weight excluding hydrogens is 336 g/mol. The molecule has 0 aliphatic rings. The molecule has 1 unspecified atom stereocenters. The van der Waals surface area contributed by atoms with Crippen LogP contribution in [0.15, 0.2) is 0 Å². The van der Waals surface area contributed by atoms with Crippen molar-refractivity contribution >= 4 is 11.8 Å². The van der Waals surface area contributed by atoms with Gasteiger partial charge >= 0.3 is 5.97 Å². The molecule has 12 heteroatoms. The molecule has 0 spiro atoms. The Morgan fingerprint density at radius 1 is 0.667 bits per heavy atom. The van der Waals surface area contributed by atoms with Gasteiger partial charge < -0.3 is 51.1 Å². The molecule has 0 aromatic carbocycles. The quantitative estimate of drug-likeness (QED) is 0.166. The number of ketones is 1. The number of rotatable bonds is 11. The highest BCUT2D eigenvalue weighted by Gasteiger charge is 2.41. The first-order valence-corrected chi connectivity index (χ1v) is 6.76. The minimum atomic E-state index is -2.55. The number of aliphatic hydroxyl groups excluding tert-OH is 9. The van der Waals surface area contributed by atoms with Crippen molar-refractivity contribution in [2.75, 3.05) is 6.61 Å². The molecule has 0 heterocycles. The molecule has 0 aliphatic carbocycles. The number of aliphatic hydroxyl groups is 9. The van der Waals surface area contributed by atoms with Crippen LogP contribution in [0, 0.1) is 0 Å². The summed E-state index contributed by atoms with van der Waals surface area (Å²) in [5.41, 5.74) is 0. The summed E-state index contributed by atoms with van der Waals surface area (Å²) in [7, 11) is 0. The van der Waals surface area contributed by atoms with Crippen molar-refractivity contribution in [3.8, 4) is 0 Å². The van der Waals surface area contributed by atoms with Crippen molar-refractivity contribution in [2.24, 2.45) is 0 Å². The molecule has 0 saturated carbocycles. The first-order chi connectivity index (χ1) is 10.9. The number of carbonyl (C=O) groups excluding carboxylic acids is 1. The molecule has 0 saturated heterocycles. The summed E-state index contributed by atoms with van der Waals surface area (Å²) in [4.78, 5) is 22.1. The number of carboxylic acids is 1. The van der Waals surface area contributed by atoms with E-state index in [-0.39, 0.29) is 0 Å².